The first kappa shape index (κ1) is 23.7. The van der Waals surface area contributed by atoms with Crippen LogP contribution in [-0.4, -0.2) is 28.7 Å². The zero-order valence-corrected chi connectivity index (χ0v) is 18.4. The Hall–Kier alpha value is -3.91. The molecule has 3 rings (SSSR count). The summed E-state index contributed by atoms with van der Waals surface area (Å²) in [6.07, 6.45) is -1.17. The van der Waals surface area contributed by atoms with Crippen molar-refractivity contribution in [3.63, 3.8) is 0 Å². The highest BCUT2D eigenvalue weighted by molar-refractivity contribution is 6.37. The van der Waals surface area contributed by atoms with Crippen LogP contribution in [0.4, 0.5) is 10.1 Å². The highest BCUT2D eigenvalue weighted by Gasteiger charge is 2.20. The molecule has 0 saturated heterocycles. The maximum absolute atomic E-state index is 13.3. The van der Waals surface area contributed by atoms with E-state index in [-0.39, 0.29) is 12.4 Å². The standard InChI is InChI=1S/C25H24FNO6/c1-4-32-25(31)24(30)27-18-11-14(2)23(15(3)12-18)33-21-10-9-19(28)13-20(21)22(29)16-5-7-17(26)8-6-16/h5-13,22,28-29H,4H2,1-3H3,(H,27,30). The number of carbonyl (C=O) groups is 2. The Balaban J connectivity index is 1.90. The summed E-state index contributed by atoms with van der Waals surface area (Å²) in [6, 6.07) is 13.0. The molecule has 0 radical (unpaired) electrons. The van der Waals surface area contributed by atoms with E-state index < -0.39 is 23.8 Å². The third-order valence-corrected chi connectivity index (χ3v) is 4.86. The lowest BCUT2D eigenvalue weighted by molar-refractivity contribution is -0.152. The number of rotatable bonds is 6. The van der Waals surface area contributed by atoms with Crippen LogP contribution in [0.5, 0.6) is 17.2 Å². The minimum atomic E-state index is -1.17. The van der Waals surface area contributed by atoms with Gasteiger partial charge in [-0.1, -0.05) is 12.1 Å². The second-order valence-corrected chi connectivity index (χ2v) is 7.39. The van der Waals surface area contributed by atoms with Gasteiger partial charge in [-0.15, -0.1) is 0 Å². The van der Waals surface area contributed by atoms with Crippen LogP contribution in [0.2, 0.25) is 0 Å². The monoisotopic (exact) mass is 453 g/mol. The number of aliphatic hydroxyl groups excluding tert-OH is 1. The van der Waals surface area contributed by atoms with Gasteiger partial charge in [0.2, 0.25) is 0 Å². The van der Waals surface area contributed by atoms with Crippen molar-refractivity contribution in [2.45, 2.75) is 26.9 Å². The first-order valence-corrected chi connectivity index (χ1v) is 10.2. The Labute approximate surface area is 190 Å². The van der Waals surface area contributed by atoms with Gasteiger partial charge >= 0.3 is 11.9 Å². The Morgan fingerprint density at radius 2 is 1.67 bits per heavy atom. The molecule has 3 N–H and O–H groups in total. The van der Waals surface area contributed by atoms with Crippen molar-refractivity contribution in [2.24, 2.45) is 0 Å². The largest absolute Gasteiger partial charge is 0.508 e. The minimum Gasteiger partial charge on any atom is -0.508 e. The number of carbonyl (C=O) groups excluding carboxylic acids is 2. The summed E-state index contributed by atoms with van der Waals surface area (Å²) in [5.74, 6) is -1.59. The number of hydrogen-bond acceptors (Lipinski definition) is 6. The molecule has 3 aromatic rings. The van der Waals surface area contributed by atoms with E-state index in [9.17, 15) is 24.2 Å². The molecular weight excluding hydrogens is 429 g/mol. The number of phenols is 1. The highest BCUT2D eigenvalue weighted by atomic mass is 19.1. The lowest BCUT2D eigenvalue weighted by Gasteiger charge is -2.19. The number of aromatic hydroxyl groups is 1. The molecule has 3 aromatic carbocycles. The number of phenolic OH excluding ortho intramolecular Hbond substituents is 1. The number of halogens is 1. The van der Waals surface area contributed by atoms with Crippen LogP contribution < -0.4 is 10.1 Å². The summed E-state index contributed by atoms with van der Waals surface area (Å²) in [4.78, 5) is 23.5. The minimum absolute atomic E-state index is 0.0658. The zero-order chi connectivity index (χ0) is 24.1. The molecule has 0 aliphatic carbocycles. The molecule has 0 fully saturated rings. The third-order valence-electron chi connectivity index (χ3n) is 4.86. The summed E-state index contributed by atoms with van der Waals surface area (Å²) >= 11 is 0. The topological polar surface area (TPSA) is 105 Å². The summed E-state index contributed by atoms with van der Waals surface area (Å²) in [6.45, 7) is 5.23. The molecule has 1 unspecified atom stereocenters. The molecule has 0 aromatic heterocycles. The molecule has 33 heavy (non-hydrogen) atoms. The van der Waals surface area contributed by atoms with Gasteiger partial charge in [-0.25, -0.2) is 9.18 Å². The molecule has 8 heteroatoms. The summed E-state index contributed by atoms with van der Waals surface area (Å²) in [7, 11) is 0. The smallest absolute Gasteiger partial charge is 0.397 e. The van der Waals surface area contributed by atoms with E-state index in [1.165, 1.54) is 42.5 Å². The number of aryl methyl sites for hydroxylation is 2. The maximum Gasteiger partial charge on any atom is 0.397 e. The van der Waals surface area contributed by atoms with E-state index in [0.717, 1.165) is 0 Å². The number of aliphatic hydroxyl groups is 1. The van der Waals surface area contributed by atoms with Crippen molar-refractivity contribution < 1.29 is 33.7 Å². The van der Waals surface area contributed by atoms with E-state index in [1.54, 1.807) is 32.9 Å². The van der Waals surface area contributed by atoms with E-state index in [1.807, 2.05) is 0 Å². The van der Waals surface area contributed by atoms with Gasteiger partial charge in [-0.2, -0.15) is 0 Å². The first-order chi connectivity index (χ1) is 15.7. The number of esters is 1. The fourth-order valence-electron chi connectivity index (χ4n) is 3.34. The molecule has 1 amide bonds. The predicted octanol–water partition coefficient (Wildman–Crippen LogP) is 4.52. The molecule has 0 spiro atoms. The summed E-state index contributed by atoms with van der Waals surface area (Å²) < 4.78 is 24.0. The van der Waals surface area contributed by atoms with Crippen molar-refractivity contribution in [1.82, 2.24) is 0 Å². The zero-order valence-electron chi connectivity index (χ0n) is 18.4. The van der Waals surface area contributed by atoms with Crippen LogP contribution in [0.15, 0.2) is 54.6 Å². The van der Waals surface area contributed by atoms with Crippen LogP contribution in [-0.2, 0) is 14.3 Å². The van der Waals surface area contributed by atoms with Gasteiger partial charge < -0.3 is 25.0 Å². The van der Waals surface area contributed by atoms with Gasteiger partial charge in [-0.05, 0) is 79.9 Å². The van der Waals surface area contributed by atoms with Gasteiger partial charge in [0.25, 0.3) is 0 Å². The number of anilines is 1. The predicted molar refractivity (Wildman–Crippen MR) is 120 cm³/mol. The Bertz CT molecular complexity index is 1150. The van der Waals surface area contributed by atoms with Gasteiger partial charge in [-0.3, -0.25) is 4.79 Å². The number of nitrogens with one attached hydrogen (secondary N) is 1. The van der Waals surface area contributed by atoms with Crippen LogP contribution in [0, 0.1) is 19.7 Å². The fraction of sp³-hybridized carbons (Fsp3) is 0.200. The average Bonchev–Trinajstić information content (AvgIpc) is 2.77. The van der Waals surface area contributed by atoms with Crippen molar-refractivity contribution >= 4 is 17.6 Å². The van der Waals surface area contributed by atoms with Crippen molar-refractivity contribution in [1.29, 1.82) is 0 Å². The number of hydrogen-bond donors (Lipinski definition) is 3. The van der Waals surface area contributed by atoms with Crippen molar-refractivity contribution in [3.8, 4) is 17.2 Å². The van der Waals surface area contributed by atoms with E-state index in [2.05, 4.69) is 10.1 Å². The van der Waals surface area contributed by atoms with Gasteiger partial charge in [0.1, 0.15) is 29.2 Å². The first-order valence-electron chi connectivity index (χ1n) is 10.2. The van der Waals surface area contributed by atoms with Crippen molar-refractivity contribution in [3.05, 3.63) is 82.7 Å². The number of ether oxygens (including phenoxy) is 2. The molecule has 0 aliphatic heterocycles. The molecule has 1 atom stereocenters. The Morgan fingerprint density at radius 1 is 1.03 bits per heavy atom. The van der Waals surface area contributed by atoms with Crippen LogP contribution in [0.1, 0.15) is 35.3 Å². The fourth-order valence-corrected chi connectivity index (χ4v) is 3.34. The third kappa shape index (κ3) is 5.67. The van der Waals surface area contributed by atoms with Crippen LogP contribution in [0.3, 0.4) is 0 Å². The van der Waals surface area contributed by atoms with E-state index >= 15 is 0 Å². The molecule has 0 heterocycles. The second kappa shape index (κ2) is 10.1. The van der Waals surface area contributed by atoms with E-state index in [4.69, 9.17) is 4.74 Å². The Morgan fingerprint density at radius 3 is 2.27 bits per heavy atom. The summed E-state index contributed by atoms with van der Waals surface area (Å²) in [5, 5.41) is 23.3. The number of amides is 1. The van der Waals surface area contributed by atoms with Crippen molar-refractivity contribution in [2.75, 3.05) is 11.9 Å². The number of benzene rings is 3. The van der Waals surface area contributed by atoms with Gasteiger partial charge in [0.15, 0.2) is 0 Å². The molecule has 0 bridgehead atoms. The normalized spacial score (nSPS) is 11.5. The van der Waals surface area contributed by atoms with E-state index in [0.29, 0.717) is 39.4 Å². The van der Waals surface area contributed by atoms with Gasteiger partial charge in [0, 0.05) is 11.3 Å². The Kier molecular flexibility index (Phi) is 7.30. The second-order valence-electron chi connectivity index (χ2n) is 7.39. The lowest BCUT2D eigenvalue weighted by Crippen LogP contribution is -2.25. The molecular formula is C25H24FNO6. The molecule has 172 valence electrons. The SMILES string of the molecule is CCOC(=O)C(=O)Nc1cc(C)c(Oc2ccc(O)cc2C(O)c2ccc(F)cc2)c(C)c1. The molecule has 0 saturated carbocycles. The molecule has 7 nitrogen and oxygen atoms in total. The maximum atomic E-state index is 13.3. The average molecular weight is 453 g/mol. The summed E-state index contributed by atoms with van der Waals surface area (Å²) in [5.41, 5.74) is 2.43. The highest BCUT2D eigenvalue weighted by Crippen LogP contribution is 2.38. The lowest BCUT2D eigenvalue weighted by atomic mass is 10.00. The molecule has 0 aliphatic rings. The van der Waals surface area contributed by atoms with Crippen LogP contribution in [0.25, 0.3) is 0 Å². The van der Waals surface area contributed by atoms with Crippen LogP contribution >= 0.6 is 0 Å². The quantitative estimate of drug-likeness (QED) is 0.374. The van der Waals surface area contributed by atoms with Gasteiger partial charge in [0.05, 0.1) is 6.61 Å².